The lowest BCUT2D eigenvalue weighted by atomic mass is 9.96. The Morgan fingerprint density at radius 3 is 2.10 bits per heavy atom. The van der Waals surface area contributed by atoms with Crippen molar-refractivity contribution in [3.8, 4) is 11.1 Å². The lowest BCUT2D eigenvalue weighted by Gasteiger charge is -2.44. The summed E-state index contributed by atoms with van der Waals surface area (Å²) in [5.41, 5.74) is 3.52. The zero-order valence-corrected chi connectivity index (χ0v) is 16.9. The van der Waals surface area contributed by atoms with Crippen molar-refractivity contribution in [3.63, 3.8) is 0 Å². The van der Waals surface area contributed by atoms with Crippen molar-refractivity contribution in [1.82, 2.24) is 10.0 Å². The van der Waals surface area contributed by atoms with Gasteiger partial charge in [-0.05, 0) is 29.5 Å². The molecule has 1 atom stereocenters. The number of allylic oxidation sites excluding steroid dienone is 1. The van der Waals surface area contributed by atoms with E-state index >= 15 is 0 Å². The van der Waals surface area contributed by atoms with Crippen LogP contribution in [0.5, 0.6) is 0 Å². The first-order valence-corrected chi connectivity index (χ1v) is 9.74. The molecule has 0 bridgehead atoms. The number of aliphatic carboxylic acids is 1. The fourth-order valence-corrected chi connectivity index (χ4v) is 3.72. The molecule has 0 saturated carbocycles. The van der Waals surface area contributed by atoms with E-state index in [-0.39, 0.29) is 18.2 Å². The summed E-state index contributed by atoms with van der Waals surface area (Å²) < 4.78 is 0. The minimum atomic E-state index is -1.57. The van der Waals surface area contributed by atoms with Gasteiger partial charge in [0.25, 0.3) is 5.91 Å². The Hall–Kier alpha value is -3.28. The van der Waals surface area contributed by atoms with E-state index in [9.17, 15) is 19.8 Å². The third kappa shape index (κ3) is 3.97. The highest BCUT2D eigenvalue weighted by Gasteiger charge is 2.44. The van der Waals surface area contributed by atoms with Crippen LogP contribution in [-0.4, -0.2) is 38.7 Å². The van der Waals surface area contributed by atoms with Gasteiger partial charge in [-0.1, -0.05) is 68.4 Å². The smallest absolute Gasteiger partial charge is 0.324 e. The van der Waals surface area contributed by atoms with E-state index in [2.05, 4.69) is 0 Å². The third-order valence-electron chi connectivity index (χ3n) is 5.09. The molecule has 1 aliphatic rings. The summed E-state index contributed by atoms with van der Waals surface area (Å²) in [6.07, 6.45) is 0. The van der Waals surface area contributed by atoms with Gasteiger partial charge in [0, 0.05) is 6.54 Å². The van der Waals surface area contributed by atoms with Crippen LogP contribution in [0.25, 0.3) is 11.1 Å². The average Bonchev–Trinajstić information content (AvgIpc) is 2.70. The van der Waals surface area contributed by atoms with Crippen molar-refractivity contribution in [2.75, 3.05) is 6.54 Å². The zero-order valence-electron chi connectivity index (χ0n) is 16.9. The van der Waals surface area contributed by atoms with Crippen molar-refractivity contribution >= 4 is 11.9 Å². The normalized spacial score (nSPS) is 17.2. The first-order chi connectivity index (χ1) is 13.8. The number of carbonyl (C=O) groups excluding carboxylic acids is 1. The van der Waals surface area contributed by atoms with Crippen molar-refractivity contribution in [2.45, 2.75) is 27.3 Å². The number of amides is 1. The van der Waals surface area contributed by atoms with Gasteiger partial charge in [0.05, 0.1) is 12.2 Å². The minimum Gasteiger partial charge on any atom is -0.509 e. The Morgan fingerprint density at radius 2 is 1.59 bits per heavy atom. The van der Waals surface area contributed by atoms with Crippen molar-refractivity contribution in [1.29, 1.82) is 0 Å². The summed E-state index contributed by atoms with van der Waals surface area (Å²) in [5.74, 6) is -4.04. The number of hydrogen-bond acceptors (Lipinski definition) is 4. The molecule has 1 amide bonds. The van der Waals surface area contributed by atoms with Gasteiger partial charge in [-0.25, -0.2) is 5.01 Å². The highest BCUT2D eigenvalue weighted by Crippen LogP contribution is 2.33. The number of carboxylic acids is 1. The van der Waals surface area contributed by atoms with Crippen LogP contribution in [0.2, 0.25) is 0 Å². The van der Waals surface area contributed by atoms with E-state index in [4.69, 9.17) is 0 Å². The molecule has 6 nitrogen and oxygen atoms in total. The predicted molar refractivity (Wildman–Crippen MR) is 110 cm³/mol. The maximum Gasteiger partial charge on any atom is 0.324 e. The third-order valence-corrected chi connectivity index (χ3v) is 5.09. The molecule has 6 heteroatoms. The maximum absolute atomic E-state index is 12.9. The van der Waals surface area contributed by atoms with Crippen LogP contribution >= 0.6 is 0 Å². The molecule has 0 radical (unpaired) electrons. The van der Waals surface area contributed by atoms with Gasteiger partial charge in [-0.2, -0.15) is 0 Å². The Kier molecular flexibility index (Phi) is 5.92. The Bertz CT molecular complexity index is 920. The summed E-state index contributed by atoms with van der Waals surface area (Å²) in [5, 5.41) is 23.1. The van der Waals surface area contributed by atoms with E-state index < -0.39 is 17.8 Å². The molecule has 1 heterocycles. The van der Waals surface area contributed by atoms with Crippen molar-refractivity contribution < 1.29 is 19.8 Å². The van der Waals surface area contributed by atoms with Crippen LogP contribution in [0, 0.1) is 11.8 Å². The lowest BCUT2D eigenvalue weighted by Crippen LogP contribution is -2.55. The fourth-order valence-electron chi connectivity index (χ4n) is 3.72. The monoisotopic (exact) mass is 394 g/mol. The van der Waals surface area contributed by atoms with Crippen LogP contribution in [-0.2, 0) is 16.1 Å². The molecule has 2 aromatic rings. The fraction of sp³-hybridized carbons (Fsp3) is 0.304. The van der Waals surface area contributed by atoms with Crippen LogP contribution in [0.15, 0.2) is 66.1 Å². The van der Waals surface area contributed by atoms with Gasteiger partial charge >= 0.3 is 5.97 Å². The lowest BCUT2D eigenvalue weighted by molar-refractivity contribution is -0.164. The first kappa shape index (κ1) is 20.5. The molecule has 2 aromatic carbocycles. The van der Waals surface area contributed by atoms with Gasteiger partial charge in [0.2, 0.25) is 0 Å². The van der Waals surface area contributed by atoms with E-state index in [1.165, 1.54) is 5.01 Å². The summed E-state index contributed by atoms with van der Waals surface area (Å²) in [6.45, 7) is 6.29. The number of hydrazine groups is 1. The number of rotatable bonds is 6. The summed E-state index contributed by atoms with van der Waals surface area (Å²) >= 11 is 0. The molecule has 0 spiro atoms. The molecule has 1 unspecified atom stereocenters. The van der Waals surface area contributed by atoms with Crippen molar-refractivity contribution in [2.24, 2.45) is 11.8 Å². The minimum absolute atomic E-state index is 0.132. The number of carbonyl (C=O) groups is 2. The number of carboxylic acid groups (broad SMARTS) is 1. The van der Waals surface area contributed by atoms with E-state index in [1.807, 2.05) is 75.4 Å². The molecular weight excluding hydrogens is 368 g/mol. The van der Waals surface area contributed by atoms with Gasteiger partial charge in [0.15, 0.2) is 5.92 Å². The number of benzene rings is 2. The van der Waals surface area contributed by atoms with Gasteiger partial charge < -0.3 is 10.2 Å². The van der Waals surface area contributed by atoms with Crippen molar-refractivity contribution in [3.05, 3.63) is 71.6 Å². The largest absolute Gasteiger partial charge is 0.509 e. The second-order valence-corrected chi connectivity index (χ2v) is 7.37. The molecular formula is C23H26N2O4. The van der Waals surface area contributed by atoms with Crippen LogP contribution in [0.4, 0.5) is 0 Å². The second kappa shape index (κ2) is 8.39. The zero-order chi connectivity index (χ0) is 21.1. The number of aliphatic hydroxyl groups excluding tert-OH is 1. The van der Waals surface area contributed by atoms with Gasteiger partial charge in [0.1, 0.15) is 5.76 Å². The molecule has 3 rings (SSSR count). The van der Waals surface area contributed by atoms with Gasteiger partial charge in [-0.15, -0.1) is 0 Å². The van der Waals surface area contributed by atoms with Crippen LogP contribution in [0.1, 0.15) is 26.3 Å². The number of nitrogens with zero attached hydrogens (tertiary/aromatic N) is 2. The quantitative estimate of drug-likeness (QED) is 0.722. The molecule has 2 N–H and O–H groups in total. The highest BCUT2D eigenvalue weighted by molar-refractivity contribution is 6.00. The molecule has 0 aliphatic carbocycles. The van der Waals surface area contributed by atoms with Crippen LogP contribution < -0.4 is 0 Å². The van der Waals surface area contributed by atoms with Crippen LogP contribution in [0.3, 0.4) is 0 Å². The molecule has 1 aliphatic heterocycles. The topological polar surface area (TPSA) is 81.1 Å². The van der Waals surface area contributed by atoms with E-state index in [1.54, 1.807) is 5.01 Å². The first-order valence-electron chi connectivity index (χ1n) is 9.74. The Balaban J connectivity index is 1.92. The number of aliphatic hydroxyl groups is 1. The molecule has 29 heavy (non-hydrogen) atoms. The Morgan fingerprint density at radius 1 is 1.00 bits per heavy atom. The van der Waals surface area contributed by atoms with E-state index in [0.717, 1.165) is 16.7 Å². The standard InChI is InChI=1S/C23H26N2O4/c1-4-24-20(15(2)3)21(26)19(23(28)29)22(27)25(24)14-16-10-12-18(13-11-16)17-8-6-5-7-9-17/h5-13,15,19,26H,4,14H2,1-3H3,(H,28,29). The molecule has 0 fully saturated rings. The maximum atomic E-state index is 12.9. The predicted octanol–water partition coefficient (Wildman–Crippen LogP) is 4.06. The SMILES string of the molecule is CCN1C(C(C)C)=C(O)C(C(=O)O)C(=O)N1Cc1ccc(-c2ccccc2)cc1. The molecule has 0 saturated heterocycles. The second-order valence-electron chi connectivity index (χ2n) is 7.37. The highest BCUT2D eigenvalue weighted by atomic mass is 16.4. The summed E-state index contributed by atoms with van der Waals surface area (Å²) in [6, 6.07) is 17.8. The molecule has 152 valence electrons. The number of hydrogen-bond donors (Lipinski definition) is 2. The van der Waals surface area contributed by atoms with Gasteiger partial charge in [-0.3, -0.25) is 14.6 Å². The summed E-state index contributed by atoms with van der Waals surface area (Å²) in [4.78, 5) is 24.6. The molecule has 0 aromatic heterocycles. The summed E-state index contributed by atoms with van der Waals surface area (Å²) in [7, 11) is 0. The van der Waals surface area contributed by atoms with E-state index in [0.29, 0.717) is 12.2 Å². The average molecular weight is 394 g/mol. The Labute approximate surface area is 170 Å².